The summed E-state index contributed by atoms with van der Waals surface area (Å²) >= 11 is 5.84. The minimum Gasteiger partial charge on any atom is -0.484 e. The van der Waals surface area contributed by atoms with E-state index >= 15 is 0 Å². The fourth-order valence-electron chi connectivity index (χ4n) is 2.16. The van der Waals surface area contributed by atoms with Gasteiger partial charge in [-0.15, -0.1) is 0 Å². The zero-order valence-corrected chi connectivity index (χ0v) is 12.3. The van der Waals surface area contributed by atoms with Gasteiger partial charge >= 0.3 is 5.97 Å². The van der Waals surface area contributed by atoms with Gasteiger partial charge in [0.15, 0.2) is 6.61 Å². The predicted octanol–water partition coefficient (Wildman–Crippen LogP) is 2.17. The summed E-state index contributed by atoms with van der Waals surface area (Å²) < 4.78 is 5.43. The van der Waals surface area contributed by atoms with Crippen LogP contribution in [0.1, 0.15) is 12.0 Å². The van der Waals surface area contributed by atoms with Gasteiger partial charge in [-0.25, -0.2) is 0 Å². The number of hydrogen-bond donors (Lipinski definition) is 2. The third-order valence-electron chi connectivity index (χ3n) is 3.24. The predicted molar refractivity (Wildman–Crippen MR) is 78.5 cm³/mol. The number of aliphatic carboxylic acids is 1. The lowest BCUT2D eigenvalue weighted by Crippen LogP contribution is -2.36. The molecule has 2 unspecified atom stereocenters. The maximum absolute atomic E-state index is 11.8. The number of carbonyl (C=O) groups excluding carboxylic acids is 1. The van der Waals surface area contributed by atoms with Crippen LogP contribution in [0.25, 0.3) is 0 Å². The molecule has 0 heterocycles. The van der Waals surface area contributed by atoms with E-state index in [2.05, 4.69) is 5.32 Å². The van der Waals surface area contributed by atoms with E-state index < -0.39 is 11.9 Å². The molecule has 5 nitrogen and oxygen atoms in total. The molecule has 2 rings (SSSR count). The first-order chi connectivity index (χ1) is 9.95. The second kappa shape index (κ2) is 6.63. The van der Waals surface area contributed by atoms with E-state index in [0.717, 1.165) is 5.56 Å². The van der Waals surface area contributed by atoms with Crippen LogP contribution in [0.4, 0.5) is 0 Å². The number of aryl methyl sites for hydroxylation is 1. The van der Waals surface area contributed by atoms with E-state index in [9.17, 15) is 9.59 Å². The first-order valence-corrected chi connectivity index (χ1v) is 6.93. The second-order valence-corrected chi connectivity index (χ2v) is 5.37. The van der Waals surface area contributed by atoms with E-state index in [4.69, 9.17) is 21.4 Å². The van der Waals surface area contributed by atoms with Crippen LogP contribution in [0, 0.1) is 12.8 Å². The van der Waals surface area contributed by atoms with E-state index in [1.54, 1.807) is 30.4 Å². The zero-order chi connectivity index (χ0) is 15.4. The SMILES string of the molecule is Cc1cc(Cl)ccc1OCC(=O)NC1C=CC(C(=O)O)C1. The van der Waals surface area contributed by atoms with Crippen molar-refractivity contribution in [3.63, 3.8) is 0 Å². The Bertz CT molecular complexity index is 585. The molecule has 1 aliphatic carbocycles. The average Bonchev–Trinajstić information content (AvgIpc) is 2.86. The third kappa shape index (κ3) is 4.23. The van der Waals surface area contributed by atoms with Crippen LogP contribution in [0.3, 0.4) is 0 Å². The Morgan fingerprint density at radius 2 is 2.19 bits per heavy atom. The Morgan fingerprint density at radius 1 is 1.43 bits per heavy atom. The van der Waals surface area contributed by atoms with E-state index in [1.807, 2.05) is 6.92 Å². The normalized spacial score (nSPS) is 20.3. The summed E-state index contributed by atoms with van der Waals surface area (Å²) in [5.41, 5.74) is 0.849. The molecule has 0 bridgehead atoms. The molecule has 112 valence electrons. The maximum atomic E-state index is 11.8. The van der Waals surface area contributed by atoms with Gasteiger partial charge in [0.1, 0.15) is 5.75 Å². The fraction of sp³-hybridized carbons (Fsp3) is 0.333. The number of carboxylic acids is 1. The topological polar surface area (TPSA) is 75.6 Å². The Kier molecular flexibility index (Phi) is 4.85. The number of rotatable bonds is 5. The zero-order valence-electron chi connectivity index (χ0n) is 11.5. The van der Waals surface area contributed by atoms with Gasteiger partial charge in [-0.3, -0.25) is 9.59 Å². The van der Waals surface area contributed by atoms with Gasteiger partial charge in [-0.05, 0) is 37.1 Å². The molecule has 0 aliphatic heterocycles. The highest BCUT2D eigenvalue weighted by atomic mass is 35.5. The number of carbonyl (C=O) groups is 2. The van der Waals surface area contributed by atoms with E-state index in [1.165, 1.54) is 0 Å². The molecule has 1 amide bonds. The Labute approximate surface area is 127 Å². The van der Waals surface area contributed by atoms with E-state index in [-0.39, 0.29) is 18.6 Å². The summed E-state index contributed by atoms with van der Waals surface area (Å²) in [4.78, 5) is 22.6. The minimum atomic E-state index is -0.879. The van der Waals surface area contributed by atoms with Gasteiger partial charge < -0.3 is 15.2 Å². The minimum absolute atomic E-state index is 0.120. The molecular weight excluding hydrogens is 294 g/mol. The number of halogens is 1. The quantitative estimate of drug-likeness (QED) is 0.817. The summed E-state index contributed by atoms with van der Waals surface area (Å²) in [6.07, 6.45) is 3.67. The number of ether oxygens (including phenoxy) is 1. The van der Waals surface area contributed by atoms with Gasteiger partial charge in [-0.1, -0.05) is 23.8 Å². The maximum Gasteiger partial charge on any atom is 0.310 e. The van der Waals surface area contributed by atoms with Crippen molar-refractivity contribution in [1.82, 2.24) is 5.32 Å². The summed E-state index contributed by atoms with van der Waals surface area (Å²) in [6.45, 7) is 1.72. The van der Waals surface area contributed by atoms with Gasteiger partial charge in [0.2, 0.25) is 0 Å². The van der Waals surface area contributed by atoms with E-state index in [0.29, 0.717) is 17.2 Å². The standard InChI is InChI=1S/C15H16ClNO4/c1-9-6-11(16)3-5-13(9)21-8-14(18)17-12-4-2-10(7-12)15(19)20/h2-6,10,12H,7-8H2,1H3,(H,17,18)(H,19,20). The largest absolute Gasteiger partial charge is 0.484 e. The lowest BCUT2D eigenvalue weighted by Gasteiger charge is -2.13. The number of benzene rings is 1. The monoisotopic (exact) mass is 309 g/mol. The molecule has 0 aromatic heterocycles. The van der Waals surface area contributed by atoms with Crippen LogP contribution < -0.4 is 10.1 Å². The number of carboxylic acid groups (broad SMARTS) is 1. The van der Waals surface area contributed by atoms with Crippen LogP contribution in [0.2, 0.25) is 5.02 Å². The number of hydrogen-bond acceptors (Lipinski definition) is 3. The fourth-order valence-corrected chi connectivity index (χ4v) is 2.38. The van der Waals surface area contributed by atoms with Crippen molar-refractivity contribution >= 4 is 23.5 Å². The Hall–Kier alpha value is -2.01. The van der Waals surface area contributed by atoms with Crippen LogP contribution in [0.5, 0.6) is 5.75 Å². The average molecular weight is 310 g/mol. The summed E-state index contributed by atoms with van der Waals surface area (Å²) in [7, 11) is 0. The van der Waals surface area contributed by atoms with Gasteiger partial charge in [0.05, 0.1) is 5.92 Å². The molecule has 1 aromatic carbocycles. The molecule has 0 spiro atoms. The summed E-state index contributed by atoms with van der Waals surface area (Å²) in [5.74, 6) is -1.10. The smallest absolute Gasteiger partial charge is 0.310 e. The van der Waals surface area contributed by atoms with Crippen molar-refractivity contribution in [2.45, 2.75) is 19.4 Å². The second-order valence-electron chi connectivity index (χ2n) is 4.94. The molecular formula is C15H16ClNO4. The highest BCUT2D eigenvalue weighted by molar-refractivity contribution is 6.30. The van der Waals surface area contributed by atoms with Crippen LogP contribution in [0.15, 0.2) is 30.4 Å². The summed E-state index contributed by atoms with van der Waals surface area (Å²) in [5, 5.41) is 12.2. The summed E-state index contributed by atoms with van der Waals surface area (Å²) in [6, 6.07) is 4.90. The Morgan fingerprint density at radius 3 is 2.81 bits per heavy atom. The first-order valence-electron chi connectivity index (χ1n) is 6.55. The number of nitrogens with one attached hydrogen (secondary N) is 1. The highest BCUT2D eigenvalue weighted by Gasteiger charge is 2.25. The lowest BCUT2D eigenvalue weighted by molar-refractivity contribution is -0.140. The van der Waals surface area contributed by atoms with Crippen molar-refractivity contribution < 1.29 is 19.4 Å². The molecule has 0 saturated carbocycles. The molecule has 1 aromatic rings. The lowest BCUT2D eigenvalue weighted by atomic mass is 10.1. The van der Waals surface area contributed by atoms with Gasteiger partial charge in [0.25, 0.3) is 5.91 Å². The molecule has 2 atom stereocenters. The third-order valence-corrected chi connectivity index (χ3v) is 3.48. The molecule has 6 heteroatoms. The van der Waals surface area contributed by atoms with Crippen LogP contribution in [-0.4, -0.2) is 29.6 Å². The molecule has 0 radical (unpaired) electrons. The number of amides is 1. The van der Waals surface area contributed by atoms with Crippen molar-refractivity contribution in [3.05, 3.63) is 40.9 Å². The van der Waals surface area contributed by atoms with Crippen molar-refractivity contribution in [3.8, 4) is 5.75 Å². The molecule has 0 fully saturated rings. The van der Waals surface area contributed by atoms with Gasteiger partial charge in [-0.2, -0.15) is 0 Å². The van der Waals surface area contributed by atoms with Gasteiger partial charge in [0, 0.05) is 11.1 Å². The van der Waals surface area contributed by atoms with Crippen molar-refractivity contribution in [1.29, 1.82) is 0 Å². The molecule has 2 N–H and O–H groups in total. The molecule has 1 aliphatic rings. The first kappa shape index (κ1) is 15.4. The van der Waals surface area contributed by atoms with Crippen molar-refractivity contribution in [2.24, 2.45) is 5.92 Å². The molecule has 0 saturated heterocycles. The highest BCUT2D eigenvalue weighted by Crippen LogP contribution is 2.22. The van der Waals surface area contributed by atoms with Crippen LogP contribution in [-0.2, 0) is 9.59 Å². The molecule has 21 heavy (non-hydrogen) atoms. The van der Waals surface area contributed by atoms with Crippen molar-refractivity contribution in [2.75, 3.05) is 6.61 Å². The van der Waals surface area contributed by atoms with Crippen LogP contribution >= 0.6 is 11.6 Å². The Balaban J connectivity index is 1.81.